The monoisotopic (exact) mass is 461 g/mol. The fraction of sp³-hybridized carbons (Fsp3) is 0.345. The van der Waals surface area contributed by atoms with Crippen LogP contribution in [0.25, 0.3) is 0 Å². The maximum atomic E-state index is 12.8. The molecule has 3 rings (SSSR count). The van der Waals surface area contributed by atoms with E-state index in [0.29, 0.717) is 25.3 Å². The number of hydrogen-bond acceptors (Lipinski definition) is 4. The van der Waals surface area contributed by atoms with Crippen molar-refractivity contribution in [1.82, 2.24) is 5.32 Å². The fourth-order valence-electron chi connectivity index (χ4n) is 3.71. The number of rotatable bonds is 10. The second-order valence-electron chi connectivity index (χ2n) is 9.14. The predicted molar refractivity (Wildman–Crippen MR) is 136 cm³/mol. The number of ether oxygens (including phenoxy) is 3. The van der Waals surface area contributed by atoms with Gasteiger partial charge in [0.15, 0.2) is 0 Å². The van der Waals surface area contributed by atoms with E-state index < -0.39 is 0 Å². The van der Waals surface area contributed by atoms with E-state index in [1.54, 1.807) is 13.2 Å². The van der Waals surface area contributed by atoms with Crippen LogP contribution in [0, 0.1) is 0 Å². The van der Waals surface area contributed by atoms with E-state index in [-0.39, 0.29) is 11.3 Å². The van der Waals surface area contributed by atoms with Crippen LogP contribution in [0.15, 0.2) is 66.7 Å². The van der Waals surface area contributed by atoms with Gasteiger partial charge in [0.2, 0.25) is 0 Å². The van der Waals surface area contributed by atoms with E-state index in [1.165, 1.54) is 0 Å². The lowest BCUT2D eigenvalue weighted by Crippen LogP contribution is -2.25. The second-order valence-corrected chi connectivity index (χ2v) is 9.14. The third-order valence-electron chi connectivity index (χ3n) is 5.56. The van der Waals surface area contributed by atoms with Gasteiger partial charge < -0.3 is 19.5 Å². The van der Waals surface area contributed by atoms with Gasteiger partial charge in [-0.1, -0.05) is 51.1 Å². The Bertz CT molecular complexity index is 1080. The number of amides is 1. The Labute approximate surface area is 203 Å². The molecule has 0 saturated carbocycles. The standard InChI is InChI=1S/C29H35NO4/c1-6-33-26-16-13-22(28(31)30-18-17-21-11-14-24(32-5)15-12-21)19-23(26)20-34-27-10-8-7-9-25(27)29(2,3)4/h7-16,19H,6,17-18,20H2,1-5H3,(H,30,31). The quantitative estimate of drug-likeness (QED) is 0.406. The third-order valence-corrected chi connectivity index (χ3v) is 5.56. The molecule has 3 aromatic carbocycles. The molecule has 0 aromatic heterocycles. The van der Waals surface area contributed by atoms with Gasteiger partial charge in [0.25, 0.3) is 5.91 Å². The molecule has 1 N–H and O–H groups in total. The smallest absolute Gasteiger partial charge is 0.251 e. The van der Waals surface area contributed by atoms with E-state index in [4.69, 9.17) is 14.2 Å². The summed E-state index contributed by atoms with van der Waals surface area (Å²) in [5, 5.41) is 3.01. The van der Waals surface area contributed by atoms with Crippen LogP contribution in [0.1, 0.15) is 54.7 Å². The lowest BCUT2D eigenvalue weighted by atomic mass is 9.86. The highest BCUT2D eigenvalue weighted by atomic mass is 16.5. The molecule has 0 aliphatic carbocycles. The number of nitrogens with one attached hydrogen (secondary N) is 1. The maximum Gasteiger partial charge on any atom is 0.251 e. The molecule has 1 amide bonds. The third kappa shape index (κ3) is 6.77. The van der Waals surface area contributed by atoms with Crippen LogP contribution in [0.3, 0.4) is 0 Å². The Hall–Kier alpha value is -3.47. The first kappa shape index (κ1) is 25.2. The summed E-state index contributed by atoms with van der Waals surface area (Å²) in [5.41, 5.74) is 3.67. The maximum absolute atomic E-state index is 12.8. The van der Waals surface area contributed by atoms with Crippen molar-refractivity contribution in [2.75, 3.05) is 20.3 Å². The van der Waals surface area contributed by atoms with Crippen molar-refractivity contribution in [3.63, 3.8) is 0 Å². The molecule has 0 fully saturated rings. The summed E-state index contributed by atoms with van der Waals surface area (Å²) in [6.07, 6.45) is 0.742. The minimum atomic E-state index is -0.118. The molecule has 34 heavy (non-hydrogen) atoms. The van der Waals surface area contributed by atoms with Gasteiger partial charge in [-0.15, -0.1) is 0 Å². The molecule has 0 aliphatic rings. The highest BCUT2D eigenvalue weighted by Crippen LogP contribution is 2.32. The minimum Gasteiger partial charge on any atom is -0.497 e. The van der Waals surface area contributed by atoms with Crippen molar-refractivity contribution < 1.29 is 19.0 Å². The summed E-state index contributed by atoms with van der Waals surface area (Å²) >= 11 is 0. The van der Waals surface area contributed by atoms with Gasteiger partial charge in [0, 0.05) is 17.7 Å². The number of carbonyl (C=O) groups is 1. The number of carbonyl (C=O) groups excluding carboxylic acids is 1. The van der Waals surface area contributed by atoms with Crippen molar-refractivity contribution in [3.8, 4) is 17.2 Å². The van der Waals surface area contributed by atoms with Gasteiger partial charge >= 0.3 is 0 Å². The molecule has 5 heteroatoms. The van der Waals surface area contributed by atoms with Crippen molar-refractivity contribution in [3.05, 3.63) is 89.0 Å². The molecule has 0 heterocycles. The summed E-state index contributed by atoms with van der Waals surface area (Å²) in [5.74, 6) is 2.27. The Morgan fingerprint density at radius 1 is 0.912 bits per heavy atom. The molecule has 0 spiro atoms. The van der Waals surface area contributed by atoms with Crippen molar-refractivity contribution in [2.45, 2.75) is 46.1 Å². The van der Waals surface area contributed by atoms with E-state index >= 15 is 0 Å². The van der Waals surface area contributed by atoms with E-state index in [2.05, 4.69) is 32.2 Å². The summed E-state index contributed by atoms with van der Waals surface area (Å²) in [6.45, 7) is 9.84. The first-order chi connectivity index (χ1) is 16.3. The molecule has 180 valence electrons. The van der Waals surface area contributed by atoms with Crippen molar-refractivity contribution in [2.24, 2.45) is 0 Å². The zero-order valence-corrected chi connectivity index (χ0v) is 20.8. The molecular formula is C29H35NO4. The summed E-state index contributed by atoms with van der Waals surface area (Å²) in [6, 6.07) is 21.4. The molecular weight excluding hydrogens is 426 g/mol. The Morgan fingerprint density at radius 3 is 2.32 bits per heavy atom. The van der Waals surface area contributed by atoms with Gasteiger partial charge in [-0.05, 0) is 66.3 Å². The van der Waals surface area contributed by atoms with Crippen LogP contribution in [0.2, 0.25) is 0 Å². The van der Waals surface area contributed by atoms with Crippen LogP contribution in [0.5, 0.6) is 17.2 Å². The molecule has 0 atom stereocenters. The van der Waals surface area contributed by atoms with Crippen LogP contribution in [-0.4, -0.2) is 26.2 Å². The number of para-hydroxylation sites is 1. The molecule has 0 saturated heterocycles. The zero-order chi connectivity index (χ0) is 24.6. The highest BCUT2D eigenvalue weighted by Gasteiger charge is 2.19. The SMILES string of the molecule is CCOc1ccc(C(=O)NCCc2ccc(OC)cc2)cc1COc1ccccc1C(C)(C)C. The van der Waals surface area contributed by atoms with Crippen LogP contribution < -0.4 is 19.5 Å². The number of benzene rings is 3. The van der Waals surface area contributed by atoms with Crippen LogP contribution in [0.4, 0.5) is 0 Å². The van der Waals surface area contributed by atoms with E-state index in [0.717, 1.165) is 40.4 Å². The van der Waals surface area contributed by atoms with Gasteiger partial charge in [-0.3, -0.25) is 4.79 Å². The summed E-state index contributed by atoms with van der Waals surface area (Å²) < 4.78 is 17.2. The first-order valence-corrected chi connectivity index (χ1v) is 11.7. The average Bonchev–Trinajstić information content (AvgIpc) is 2.83. The van der Waals surface area contributed by atoms with Gasteiger partial charge in [0.05, 0.1) is 13.7 Å². The first-order valence-electron chi connectivity index (χ1n) is 11.7. The fourth-order valence-corrected chi connectivity index (χ4v) is 3.71. The second kappa shape index (κ2) is 11.6. The number of methoxy groups -OCH3 is 1. The van der Waals surface area contributed by atoms with Gasteiger partial charge in [-0.25, -0.2) is 0 Å². The van der Waals surface area contributed by atoms with Crippen LogP contribution >= 0.6 is 0 Å². The Kier molecular flexibility index (Phi) is 8.58. The molecule has 3 aromatic rings. The minimum absolute atomic E-state index is 0.0367. The topological polar surface area (TPSA) is 56.8 Å². The lowest BCUT2D eigenvalue weighted by molar-refractivity contribution is 0.0954. The largest absolute Gasteiger partial charge is 0.497 e. The van der Waals surface area contributed by atoms with E-state index in [9.17, 15) is 4.79 Å². The number of hydrogen-bond donors (Lipinski definition) is 1. The van der Waals surface area contributed by atoms with Crippen molar-refractivity contribution in [1.29, 1.82) is 0 Å². The van der Waals surface area contributed by atoms with Crippen molar-refractivity contribution >= 4 is 5.91 Å². The highest BCUT2D eigenvalue weighted by molar-refractivity contribution is 5.94. The molecule has 0 unspecified atom stereocenters. The Morgan fingerprint density at radius 2 is 1.65 bits per heavy atom. The average molecular weight is 462 g/mol. The normalized spacial score (nSPS) is 11.1. The van der Waals surface area contributed by atoms with Gasteiger partial charge in [0.1, 0.15) is 23.9 Å². The molecule has 5 nitrogen and oxygen atoms in total. The molecule has 0 aliphatic heterocycles. The van der Waals surface area contributed by atoms with E-state index in [1.807, 2.05) is 61.5 Å². The van der Waals surface area contributed by atoms with Crippen LogP contribution in [-0.2, 0) is 18.4 Å². The predicted octanol–water partition coefficient (Wildman–Crippen LogP) is 5.94. The van der Waals surface area contributed by atoms with Gasteiger partial charge in [-0.2, -0.15) is 0 Å². The zero-order valence-electron chi connectivity index (χ0n) is 20.8. The molecule has 0 radical (unpaired) electrons. The Balaban J connectivity index is 1.68. The summed E-state index contributed by atoms with van der Waals surface area (Å²) in [4.78, 5) is 12.8. The molecule has 0 bridgehead atoms. The lowest BCUT2D eigenvalue weighted by Gasteiger charge is -2.23. The summed E-state index contributed by atoms with van der Waals surface area (Å²) in [7, 11) is 1.65.